The van der Waals surface area contributed by atoms with E-state index in [0.29, 0.717) is 5.02 Å². The second-order valence-electron chi connectivity index (χ2n) is 4.48. The number of ketones is 1. The van der Waals surface area contributed by atoms with Gasteiger partial charge in [-0.25, -0.2) is 0 Å². The van der Waals surface area contributed by atoms with Crippen LogP contribution in [0.15, 0.2) is 29.2 Å². The summed E-state index contributed by atoms with van der Waals surface area (Å²) in [4.78, 5) is 13.5. The van der Waals surface area contributed by atoms with Gasteiger partial charge in [-0.05, 0) is 18.7 Å². The Kier molecular flexibility index (Phi) is 4.89. The fourth-order valence-corrected chi connectivity index (χ4v) is 3.11. The Morgan fingerprint density at radius 1 is 1.40 bits per heavy atom. The molecule has 2 rings (SSSR count). The molecule has 0 saturated heterocycles. The number of halogens is 1. The van der Waals surface area contributed by atoms with E-state index in [-0.39, 0.29) is 12.2 Å². The summed E-state index contributed by atoms with van der Waals surface area (Å²) in [5.41, 5.74) is 2.37. The summed E-state index contributed by atoms with van der Waals surface area (Å²) in [6.45, 7) is 2.00. The van der Waals surface area contributed by atoms with E-state index in [4.69, 9.17) is 11.6 Å². The van der Waals surface area contributed by atoms with E-state index in [2.05, 4.69) is 5.10 Å². The number of rotatable bonds is 5. The Balaban J connectivity index is 2.30. The van der Waals surface area contributed by atoms with Crippen molar-refractivity contribution in [3.63, 3.8) is 0 Å². The summed E-state index contributed by atoms with van der Waals surface area (Å²) in [6.07, 6.45) is 3.01. The van der Waals surface area contributed by atoms with Gasteiger partial charge < -0.3 is 0 Å². The molecule has 20 heavy (non-hydrogen) atoms. The maximum atomic E-state index is 12.5. The summed E-state index contributed by atoms with van der Waals surface area (Å²) >= 11 is 7.87. The van der Waals surface area contributed by atoms with Crippen molar-refractivity contribution in [2.24, 2.45) is 7.05 Å². The summed E-state index contributed by atoms with van der Waals surface area (Å²) < 4.78 is 1.71. The van der Waals surface area contributed by atoms with Crippen molar-refractivity contribution in [2.75, 3.05) is 6.26 Å². The van der Waals surface area contributed by atoms with Gasteiger partial charge in [0.05, 0.1) is 22.8 Å². The number of benzene rings is 1. The first-order valence-electron chi connectivity index (χ1n) is 6.45. The van der Waals surface area contributed by atoms with Gasteiger partial charge in [-0.15, -0.1) is 11.8 Å². The number of hydrogen-bond acceptors (Lipinski definition) is 3. The molecule has 0 aliphatic heterocycles. The van der Waals surface area contributed by atoms with Crippen molar-refractivity contribution in [1.29, 1.82) is 0 Å². The summed E-state index contributed by atoms with van der Waals surface area (Å²) in [5.74, 6) is 0.0718. The third-order valence-corrected chi connectivity index (χ3v) is 4.47. The molecular weight excluding hydrogens is 292 g/mol. The molecule has 0 radical (unpaired) electrons. The third kappa shape index (κ3) is 2.91. The Labute approximate surface area is 128 Å². The SMILES string of the molecule is CCc1nn(C)c(CC(=O)c2ccccc2SC)c1Cl. The molecule has 0 unspecified atom stereocenters. The fourth-order valence-electron chi connectivity index (χ4n) is 2.13. The zero-order valence-electron chi connectivity index (χ0n) is 11.8. The normalized spacial score (nSPS) is 10.8. The first-order valence-corrected chi connectivity index (χ1v) is 8.05. The number of aromatic nitrogens is 2. The Hall–Kier alpha value is -1.26. The van der Waals surface area contributed by atoms with Crippen molar-refractivity contribution in [3.05, 3.63) is 46.2 Å². The van der Waals surface area contributed by atoms with Crippen molar-refractivity contribution < 1.29 is 4.79 Å². The van der Waals surface area contributed by atoms with Gasteiger partial charge in [-0.1, -0.05) is 36.7 Å². The molecule has 1 aromatic heterocycles. The number of carbonyl (C=O) groups excluding carboxylic acids is 1. The number of Topliss-reactive ketones (excluding diaryl/α,β-unsaturated/α-hetero) is 1. The monoisotopic (exact) mass is 308 g/mol. The number of aryl methyl sites for hydroxylation is 2. The highest BCUT2D eigenvalue weighted by molar-refractivity contribution is 7.98. The molecule has 5 heteroatoms. The predicted octanol–water partition coefficient (Wildman–Crippen LogP) is 3.78. The average molecular weight is 309 g/mol. The summed E-state index contributed by atoms with van der Waals surface area (Å²) in [7, 11) is 1.83. The van der Waals surface area contributed by atoms with Crippen LogP contribution in [0.1, 0.15) is 28.7 Å². The largest absolute Gasteiger partial charge is 0.294 e. The van der Waals surface area contributed by atoms with Gasteiger partial charge in [0.25, 0.3) is 0 Å². The highest BCUT2D eigenvalue weighted by atomic mass is 35.5. The van der Waals surface area contributed by atoms with Crippen LogP contribution in [-0.2, 0) is 19.9 Å². The van der Waals surface area contributed by atoms with Crippen molar-refractivity contribution in [1.82, 2.24) is 9.78 Å². The second-order valence-corrected chi connectivity index (χ2v) is 5.71. The molecule has 2 aromatic rings. The second kappa shape index (κ2) is 6.46. The fraction of sp³-hybridized carbons (Fsp3) is 0.333. The lowest BCUT2D eigenvalue weighted by Crippen LogP contribution is -2.09. The van der Waals surface area contributed by atoms with E-state index in [9.17, 15) is 4.79 Å². The molecule has 0 saturated carbocycles. The lowest BCUT2D eigenvalue weighted by molar-refractivity contribution is 0.0988. The molecule has 3 nitrogen and oxygen atoms in total. The van der Waals surface area contributed by atoms with Crippen LogP contribution in [0.3, 0.4) is 0 Å². The number of nitrogens with zero attached hydrogens (tertiary/aromatic N) is 2. The van der Waals surface area contributed by atoms with Crippen LogP contribution in [0.4, 0.5) is 0 Å². The quantitative estimate of drug-likeness (QED) is 0.623. The van der Waals surface area contributed by atoms with Crippen LogP contribution >= 0.6 is 23.4 Å². The van der Waals surface area contributed by atoms with Crippen molar-refractivity contribution >= 4 is 29.1 Å². The highest BCUT2D eigenvalue weighted by Crippen LogP contribution is 2.25. The minimum atomic E-state index is 0.0718. The maximum absolute atomic E-state index is 12.5. The molecule has 0 N–H and O–H groups in total. The number of carbonyl (C=O) groups is 1. The molecule has 1 aromatic carbocycles. The molecular formula is C15H17ClN2OS. The van der Waals surface area contributed by atoms with E-state index in [0.717, 1.165) is 28.3 Å². The molecule has 0 atom stereocenters. The number of thioether (sulfide) groups is 1. The molecule has 0 spiro atoms. The van der Waals surface area contributed by atoms with Gasteiger partial charge in [-0.2, -0.15) is 5.10 Å². The zero-order valence-corrected chi connectivity index (χ0v) is 13.4. The van der Waals surface area contributed by atoms with E-state index < -0.39 is 0 Å². The average Bonchev–Trinajstić information content (AvgIpc) is 2.74. The van der Waals surface area contributed by atoms with Crippen molar-refractivity contribution in [3.8, 4) is 0 Å². The van der Waals surface area contributed by atoms with Crippen LogP contribution < -0.4 is 0 Å². The molecule has 0 aliphatic carbocycles. The predicted molar refractivity (Wildman–Crippen MR) is 83.9 cm³/mol. The standard InChI is InChI=1S/C15H17ClN2OS/c1-4-11-15(16)12(18(2)17-11)9-13(19)10-7-5-6-8-14(10)20-3/h5-8H,4,9H2,1-3H3. The highest BCUT2D eigenvalue weighted by Gasteiger charge is 2.18. The molecule has 106 valence electrons. The van der Waals surface area contributed by atoms with Gasteiger partial charge in [0.1, 0.15) is 0 Å². The van der Waals surface area contributed by atoms with Crippen LogP contribution in [0.5, 0.6) is 0 Å². The minimum absolute atomic E-state index is 0.0718. The van der Waals surface area contributed by atoms with Crippen LogP contribution in [-0.4, -0.2) is 21.8 Å². The Morgan fingerprint density at radius 2 is 2.10 bits per heavy atom. The zero-order chi connectivity index (χ0) is 14.7. The lowest BCUT2D eigenvalue weighted by atomic mass is 10.1. The minimum Gasteiger partial charge on any atom is -0.294 e. The van der Waals surface area contributed by atoms with Gasteiger partial charge in [0.2, 0.25) is 0 Å². The van der Waals surface area contributed by atoms with Crippen LogP contribution in [0.25, 0.3) is 0 Å². The molecule has 0 fully saturated rings. The summed E-state index contributed by atoms with van der Waals surface area (Å²) in [5, 5.41) is 4.96. The Bertz CT molecular complexity index is 637. The van der Waals surface area contributed by atoms with Gasteiger partial charge in [-0.3, -0.25) is 9.48 Å². The van der Waals surface area contributed by atoms with Crippen LogP contribution in [0, 0.1) is 0 Å². The molecule has 1 heterocycles. The van der Waals surface area contributed by atoms with E-state index in [1.165, 1.54) is 0 Å². The lowest BCUT2D eigenvalue weighted by Gasteiger charge is -2.07. The first kappa shape index (κ1) is 15.1. The van der Waals surface area contributed by atoms with E-state index in [1.54, 1.807) is 16.4 Å². The Morgan fingerprint density at radius 3 is 2.70 bits per heavy atom. The van der Waals surface area contributed by atoms with Crippen molar-refractivity contribution in [2.45, 2.75) is 24.7 Å². The molecule has 0 amide bonds. The van der Waals surface area contributed by atoms with Gasteiger partial charge in [0.15, 0.2) is 5.78 Å². The number of hydrogen-bond donors (Lipinski definition) is 0. The summed E-state index contributed by atoms with van der Waals surface area (Å²) in [6, 6.07) is 7.64. The molecule has 0 aliphatic rings. The smallest absolute Gasteiger partial charge is 0.169 e. The van der Waals surface area contributed by atoms with Gasteiger partial charge in [0, 0.05) is 17.5 Å². The molecule has 0 bridgehead atoms. The van der Waals surface area contributed by atoms with E-state index in [1.807, 2.05) is 44.5 Å². The maximum Gasteiger partial charge on any atom is 0.169 e. The van der Waals surface area contributed by atoms with E-state index >= 15 is 0 Å². The van der Waals surface area contributed by atoms with Crippen LogP contribution in [0.2, 0.25) is 5.02 Å². The first-order chi connectivity index (χ1) is 9.58. The third-order valence-electron chi connectivity index (χ3n) is 3.24. The van der Waals surface area contributed by atoms with Gasteiger partial charge >= 0.3 is 0 Å². The topological polar surface area (TPSA) is 34.9 Å².